The molecule has 1 aliphatic rings. The minimum Gasteiger partial charge on any atom is -0.484 e. The number of nitrogens with zero attached hydrogens (tertiary/aromatic N) is 3. The largest absolute Gasteiger partial charge is 0.484 e. The first-order chi connectivity index (χ1) is 15.0. The highest BCUT2D eigenvalue weighted by Gasteiger charge is 2.15. The van der Waals surface area contributed by atoms with Gasteiger partial charge in [0.25, 0.3) is 5.91 Å². The molecule has 2 N–H and O–H groups in total. The molecule has 0 aliphatic carbocycles. The first-order valence-corrected chi connectivity index (χ1v) is 10.2. The summed E-state index contributed by atoms with van der Waals surface area (Å²) in [7, 11) is 0. The average molecular weight is 421 g/mol. The number of rotatable bonds is 7. The van der Waals surface area contributed by atoms with Gasteiger partial charge in [-0.1, -0.05) is 0 Å². The topological polar surface area (TPSA) is 79.4 Å². The van der Waals surface area contributed by atoms with E-state index in [1.165, 1.54) is 37.1 Å². The summed E-state index contributed by atoms with van der Waals surface area (Å²) in [4.78, 5) is 23.4. The van der Waals surface area contributed by atoms with Crippen molar-refractivity contribution in [3.05, 3.63) is 66.2 Å². The van der Waals surface area contributed by atoms with Gasteiger partial charge in [-0.3, -0.25) is 4.79 Å². The molecule has 4 rings (SSSR count). The first kappa shape index (κ1) is 20.6. The van der Waals surface area contributed by atoms with Crippen molar-refractivity contribution in [2.75, 3.05) is 35.2 Å². The van der Waals surface area contributed by atoms with Crippen molar-refractivity contribution >= 4 is 28.9 Å². The third kappa shape index (κ3) is 5.69. The number of benzene rings is 2. The van der Waals surface area contributed by atoms with Crippen LogP contribution in [-0.2, 0) is 4.79 Å². The third-order valence-electron chi connectivity index (χ3n) is 4.88. The molecule has 1 amide bonds. The molecule has 31 heavy (non-hydrogen) atoms. The van der Waals surface area contributed by atoms with Crippen LogP contribution in [0.15, 0.2) is 54.6 Å². The second-order valence-electron chi connectivity index (χ2n) is 7.35. The highest BCUT2D eigenvalue weighted by molar-refractivity contribution is 5.92. The summed E-state index contributed by atoms with van der Waals surface area (Å²) in [5, 5.41) is 6.07. The molecule has 0 radical (unpaired) electrons. The molecule has 8 heteroatoms. The number of carbonyl (C=O) groups is 1. The fraction of sp³-hybridized carbons (Fsp3) is 0.261. The molecular weight excluding hydrogens is 397 g/mol. The summed E-state index contributed by atoms with van der Waals surface area (Å²) in [5.41, 5.74) is 1.50. The van der Waals surface area contributed by atoms with Crippen molar-refractivity contribution in [2.24, 2.45) is 0 Å². The Balaban J connectivity index is 1.33. The van der Waals surface area contributed by atoms with Crippen LogP contribution in [0.5, 0.6) is 5.75 Å². The van der Waals surface area contributed by atoms with Crippen LogP contribution in [0.25, 0.3) is 0 Å². The lowest BCUT2D eigenvalue weighted by molar-refractivity contribution is -0.118. The molecule has 0 spiro atoms. The van der Waals surface area contributed by atoms with E-state index in [0.717, 1.165) is 36.2 Å². The molecule has 2 heterocycles. The number of anilines is 4. The summed E-state index contributed by atoms with van der Waals surface area (Å²) < 4.78 is 18.3. The molecule has 0 unspecified atom stereocenters. The number of ether oxygens (including phenoxy) is 1. The summed E-state index contributed by atoms with van der Waals surface area (Å²) in [5.74, 6) is 2.18. The van der Waals surface area contributed by atoms with Crippen molar-refractivity contribution in [2.45, 2.75) is 19.8 Å². The zero-order chi connectivity index (χ0) is 21.6. The van der Waals surface area contributed by atoms with E-state index in [-0.39, 0.29) is 18.3 Å². The van der Waals surface area contributed by atoms with Crippen LogP contribution in [0.1, 0.15) is 18.7 Å². The number of nitrogens with one attached hydrogen (secondary N) is 2. The van der Waals surface area contributed by atoms with Gasteiger partial charge in [-0.05, 0) is 68.3 Å². The molecule has 2 aromatic carbocycles. The molecule has 7 nitrogen and oxygen atoms in total. The highest BCUT2D eigenvalue weighted by Crippen LogP contribution is 2.23. The second-order valence-corrected chi connectivity index (χ2v) is 7.35. The van der Waals surface area contributed by atoms with Crippen LogP contribution in [0.4, 0.5) is 27.4 Å². The average Bonchev–Trinajstić information content (AvgIpc) is 3.29. The van der Waals surface area contributed by atoms with Gasteiger partial charge in [-0.2, -0.15) is 0 Å². The molecule has 0 saturated carbocycles. The molecule has 160 valence electrons. The van der Waals surface area contributed by atoms with Gasteiger partial charge in [0, 0.05) is 30.5 Å². The Morgan fingerprint density at radius 1 is 1.03 bits per heavy atom. The quantitative estimate of drug-likeness (QED) is 0.593. The summed E-state index contributed by atoms with van der Waals surface area (Å²) >= 11 is 0. The van der Waals surface area contributed by atoms with Gasteiger partial charge in [-0.25, -0.2) is 14.4 Å². The smallest absolute Gasteiger partial charge is 0.262 e. The number of amides is 1. The highest BCUT2D eigenvalue weighted by atomic mass is 19.1. The maximum Gasteiger partial charge on any atom is 0.262 e. The van der Waals surface area contributed by atoms with E-state index in [9.17, 15) is 9.18 Å². The van der Waals surface area contributed by atoms with Gasteiger partial charge < -0.3 is 20.3 Å². The van der Waals surface area contributed by atoms with Gasteiger partial charge >= 0.3 is 0 Å². The SMILES string of the molecule is Cc1nc(Nc2ccc(NC(=O)COc3ccc(F)cc3)cc2)cc(N2CCCC2)n1. The number of hydrogen-bond acceptors (Lipinski definition) is 6. The molecule has 1 fully saturated rings. The third-order valence-corrected chi connectivity index (χ3v) is 4.88. The lowest BCUT2D eigenvalue weighted by atomic mass is 10.2. The molecule has 1 saturated heterocycles. The van der Waals surface area contributed by atoms with Gasteiger partial charge in [0.2, 0.25) is 0 Å². The number of aryl methyl sites for hydroxylation is 1. The molecule has 0 bridgehead atoms. The Bertz CT molecular complexity index is 1030. The van der Waals surface area contributed by atoms with Crippen molar-refractivity contribution < 1.29 is 13.9 Å². The summed E-state index contributed by atoms with van der Waals surface area (Å²) in [6, 6.07) is 14.8. The lowest BCUT2D eigenvalue weighted by Gasteiger charge is -2.18. The minimum atomic E-state index is -0.352. The molecule has 1 aliphatic heterocycles. The Hall–Kier alpha value is -3.68. The lowest BCUT2D eigenvalue weighted by Crippen LogP contribution is -2.20. The maximum absolute atomic E-state index is 12.9. The van der Waals surface area contributed by atoms with E-state index >= 15 is 0 Å². The minimum absolute atomic E-state index is 0.162. The number of hydrogen-bond donors (Lipinski definition) is 2. The fourth-order valence-corrected chi connectivity index (χ4v) is 3.39. The standard InChI is InChI=1S/C23H24FN5O2/c1-16-25-21(14-22(26-16)29-12-2-3-13-29)27-18-6-8-19(9-7-18)28-23(30)15-31-20-10-4-17(24)5-11-20/h4-11,14H,2-3,12-13,15H2,1H3,(H,28,30)(H,25,26,27). The van der Waals surface area contributed by atoms with Crippen LogP contribution in [0.2, 0.25) is 0 Å². The Kier molecular flexibility index (Phi) is 6.26. The zero-order valence-corrected chi connectivity index (χ0v) is 17.3. The van der Waals surface area contributed by atoms with Crippen molar-refractivity contribution in [1.82, 2.24) is 9.97 Å². The van der Waals surface area contributed by atoms with Crippen molar-refractivity contribution in [3.8, 4) is 5.75 Å². The zero-order valence-electron chi connectivity index (χ0n) is 17.3. The van der Waals surface area contributed by atoms with Gasteiger partial charge in [0.15, 0.2) is 6.61 Å². The maximum atomic E-state index is 12.9. The van der Waals surface area contributed by atoms with E-state index < -0.39 is 0 Å². The van der Waals surface area contributed by atoms with E-state index in [1.54, 1.807) is 12.1 Å². The normalized spacial score (nSPS) is 13.2. The van der Waals surface area contributed by atoms with E-state index in [1.807, 2.05) is 25.1 Å². The Morgan fingerprint density at radius 3 is 2.42 bits per heavy atom. The number of halogens is 1. The van der Waals surface area contributed by atoms with Crippen LogP contribution in [-0.4, -0.2) is 35.6 Å². The predicted octanol–water partition coefficient (Wildman–Crippen LogP) is 4.29. The van der Waals surface area contributed by atoms with Crippen molar-refractivity contribution in [1.29, 1.82) is 0 Å². The summed E-state index contributed by atoms with van der Waals surface area (Å²) in [6.45, 7) is 3.77. The first-order valence-electron chi connectivity index (χ1n) is 10.2. The Labute approximate surface area is 180 Å². The van der Waals surface area contributed by atoms with Gasteiger partial charge in [0.05, 0.1) is 0 Å². The van der Waals surface area contributed by atoms with Crippen LogP contribution in [0, 0.1) is 12.7 Å². The van der Waals surface area contributed by atoms with E-state index in [0.29, 0.717) is 11.4 Å². The van der Waals surface area contributed by atoms with Crippen LogP contribution < -0.4 is 20.3 Å². The Morgan fingerprint density at radius 2 is 1.71 bits per heavy atom. The molecule has 3 aromatic rings. The van der Waals surface area contributed by atoms with Gasteiger partial charge in [-0.15, -0.1) is 0 Å². The van der Waals surface area contributed by atoms with Crippen LogP contribution >= 0.6 is 0 Å². The van der Waals surface area contributed by atoms with Gasteiger partial charge in [0.1, 0.15) is 29.0 Å². The summed E-state index contributed by atoms with van der Waals surface area (Å²) in [6.07, 6.45) is 2.38. The van der Waals surface area contributed by atoms with Crippen molar-refractivity contribution in [3.63, 3.8) is 0 Å². The number of carbonyl (C=O) groups excluding carboxylic acids is 1. The monoisotopic (exact) mass is 421 g/mol. The molecule has 0 atom stereocenters. The number of aromatic nitrogens is 2. The van der Waals surface area contributed by atoms with E-state index in [4.69, 9.17) is 4.74 Å². The predicted molar refractivity (Wildman–Crippen MR) is 118 cm³/mol. The molecular formula is C23H24FN5O2. The van der Waals surface area contributed by atoms with Crippen LogP contribution in [0.3, 0.4) is 0 Å². The van der Waals surface area contributed by atoms with E-state index in [2.05, 4.69) is 25.5 Å². The molecule has 1 aromatic heterocycles. The fourth-order valence-electron chi connectivity index (χ4n) is 3.39. The second kappa shape index (κ2) is 9.42.